The van der Waals surface area contributed by atoms with Gasteiger partial charge >= 0.3 is 0 Å². The van der Waals surface area contributed by atoms with Gasteiger partial charge in [0.1, 0.15) is 11.6 Å². The highest BCUT2D eigenvalue weighted by Gasteiger charge is 2.34. The summed E-state index contributed by atoms with van der Waals surface area (Å²) in [4.78, 5) is 33.6. The largest absolute Gasteiger partial charge is 0.337 e. The van der Waals surface area contributed by atoms with Crippen LogP contribution in [0.4, 0.5) is 5.95 Å². The van der Waals surface area contributed by atoms with E-state index in [2.05, 4.69) is 20.5 Å². The van der Waals surface area contributed by atoms with E-state index in [9.17, 15) is 14.9 Å². The molecule has 2 amide bonds. The van der Waals surface area contributed by atoms with Crippen LogP contribution in [0, 0.1) is 17.2 Å². The number of nitrogens with zero attached hydrogens (tertiary/aromatic N) is 5. The summed E-state index contributed by atoms with van der Waals surface area (Å²) in [6, 6.07) is 13.3. The first-order valence-corrected chi connectivity index (χ1v) is 12.6. The van der Waals surface area contributed by atoms with E-state index < -0.39 is 5.54 Å². The van der Waals surface area contributed by atoms with Gasteiger partial charge in [0, 0.05) is 47.7 Å². The fraction of sp³-hybridized carbons (Fsp3) is 0.269. The van der Waals surface area contributed by atoms with Crippen molar-refractivity contribution in [2.24, 2.45) is 11.7 Å². The number of carbonyl (C=O) groups is 2. The molecule has 1 aliphatic rings. The van der Waals surface area contributed by atoms with E-state index in [1.165, 1.54) is 17.4 Å². The molecule has 4 heterocycles. The number of rotatable bonds is 7. The second-order valence-corrected chi connectivity index (χ2v) is 10.8. The van der Waals surface area contributed by atoms with Gasteiger partial charge in [-0.2, -0.15) is 10.4 Å². The molecular weight excluding hydrogens is 488 g/mol. The van der Waals surface area contributed by atoms with Crippen molar-refractivity contribution >= 4 is 40.1 Å². The van der Waals surface area contributed by atoms with Crippen LogP contribution in [0.2, 0.25) is 0 Å². The van der Waals surface area contributed by atoms with Crippen LogP contribution in [0.25, 0.3) is 21.5 Å². The number of anilines is 1. The van der Waals surface area contributed by atoms with Gasteiger partial charge in [-0.3, -0.25) is 20.0 Å². The van der Waals surface area contributed by atoms with Crippen LogP contribution in [0.5, 0.6) is 0 Å². The Morgan fingerprint density at radius 2 is 2.08 bits per heavy atom. The molecule has 10 nitrogen and oxygen atoms in total. The van der Waals surface area contributed by atoms with Crippen molar-refractivity contribution in [3.63, 3.8) is 0 Å². The molecule has 4 aromatic rings. The number of benzene rings is 1. The summed E-state index contributed by atoms with van der Waals surface area (Å²) < 4.78 is 1.98. The van der Waals surface area contributed by atoms with Crippen molar-refractivity contribution in [1.29, 1.82) is 5.26 Å². The molecule has 188 valence electrons. The molecule has 3 aromatic heterocycles. The normalized spacial score (nSPS) is 14.4. The van der Waals surface area contributed by atoms with Gasteiger partial charge in [0.05, 0.1) is 22.1 Å². The summed E-state index contributed by atoms with van der Waals surface area (Å²) in [5.74, 6) is 0.0523. The average Bonchev–Trinajstić information content (AvgIpc) is 3.58. The van der Waals surface area contributed by atoms with Crippen molar-refractivity contribution in [2.45, 2.75) is 25.9 Å². The van der Waals surface area contributed by atoms with Crippen LogP contribution < -0.4 is 11.1 Å². The maximum absolute atomic E-state index is 13.1. The van der Waals surface area contributed by atoms with Gasteiger partial charge in [-0.15, -0.1) is 11.3 Å². The lowest BCUT2D eigenvalue weighted by Crippen LogP contribution is -2.52. The maximum atomic E-state index is 13.1. The average molecular weight is 515 g/mol. The smallest absolute Gasteiger partial charge is 0.268 e. The number of aromatic amines is 1. The summed E-state index contributed by atoms with van der Waals surface area (Å²) in [5, 5.41) is 19.1. The number of aromatic nitrogens is 4. The predicted molar refractivity (Wildman–Crippen MR) is 142 cm³/mol. The van der Waals surface area contributed by atoms with Crippen LogP contribution in [-0.2, 0) is 11.3 Å². The van der Waals surface area contributed by atoms with Crippen LogP contribution in [0.1, 0.15) is 23.5 Å². The quantitative estimate of drug-likeness (QED) is 0.255. The Kier molecular flexibility index (Phi) is 6.37. The number of hydrogen-bond acceptors (Lipinski definition) is 7. The van der Waals surface area contributed by atoms with Gasteiger partial charge in [0.15, 0.2) is 0 Å². The zero-order valence-electron chi connectivity index (χ0n) is 20.4. The first kappa shape index (κ1) is 24.4. The van der Waals surface area contributed by atoms with E-state index in [1.807, 2.05) is 41.0 Å². The number of imidazole rings is 1. The standard InChI is InChI=1S/C26H26N8O2S/c1-26(2,28)9-17(10-27)24(36)33-13-16(14-33)15-34-20-6-4-3-5-19(20)31-25(34)32-23(35)22-8-7-21(37-22)18-11-29-30-12-18/h3-9,11-12,16H,13-15,28H2,1-2H3,(H,29,30)(H,31,32,35)/b17-9+. The molecule has 0 spiro atoms. The predicted octanol–water partition coefficient (Wildman–Crippen LogP) is 3.39. The van der Waals surface area contributed by atoms with Gasteiger partial charge in [0.25, 0.3) is 11.8 Å². The van der Waals surface area contributed by atoms with Crippen LogP contribution in [0.15, 0.2) is 60.4 Å². The number of para-hydroxylation sites is 2. The number of nitriles is 1. The molecule has 0 atom stereocenters. The number of carbonyl (C=O) groups excluding carboxylic acids is 2. The molecule has 1 aromatic carbocycles. The van der Waals surface area contributed by atoms with Gasteiger partial charge in [0.2, 0.25) is 5.95 Å². The highest BCUT2D eigenvalue weighted by atomic mass is 32.1. The van der Waals surface area contributed by atoms with Crippen molar-refractivity contribution in [3.05, 3.63) is 65.3 Å². The van der Waals surface area contributed by atoms with E-state index in [0.29, 0.717) is 30.5 Å². The molecule has 5 rings (SSSR count). The first-order valence-electron chi connectivity index (χ1n) is 11.8. The van der Waals surface area contributed by atoms with Gasteiger partial charge in [-0.1, -0.05) is 12.1 Å². The van der Waals surface area contributed by atoms with Crippen LogP contribution >= 0.6 is 11.3 Å². The Balaban J connectivity index is 1.31. The Hall–Kier alpha value is -4.27. The Morgan fingerprint density at radius 3 is 2.78 bits per heavy atom. The molecule has 0 aliphatic carbocycles. The summed E-state index contributed by atoms with van der Waals surface area (Å²) in [6.45, 7) is 5.05. The third kappa shape index (κ3) is 5.16. The third-order valence-electron chi connectivity index (χ3n) is 6.04. The monoisotopic (exact) mass is 514 g/mol. The number of likely N-dealkylation sites (tertiary alicyclic amines) is 1. The summed E-state index contributed by atoms with van der Waals surface area (Å²) >= 11 is 1.38. The van der Waals surface area contributed by atoms with Crippen molar-refractivity contribution < 1.29 is 9.59 Å². The third-order valence-corrected chi connectivity index (χ3v) is 7.18. The molecule has 0 bridgehead atoms. The topological polar surface area (TPSA) is 146 Å². The van der Waals surface area contributed by atoms with Gasteiger partial charge < -0.3 is 15.2 Å². The summed E-state index contributed by atoms with van der Waals surface area (Å²) in [5.41, 5.74) is 7.85. The van der Waals surface area contributed by atoms with E-state index in [-0.39, 0.29) is 23.3 Å². The molecule has 4 N–H and O–H groups in total. The van der Waals surface area contributed by atoms with Crippen molar-refractivity contribution in [1.82, 2.24) is 24.6 Å². The fourth-order valence-electron chi connectivity index (χ4n) is 4.31. The molecular formula is C26H26N8O2S. The van der Waals surface area contributed by atoms with E-state index in [1.54, 1.807) is 37.2 Å². The molecule has 11 heteroatoms. The molecule has 1 aliphatic heterocycles. The Bertz CT molecular complexity index is 1530. The number of nitrogens with one attached hydrogen (secondary N) is 2. The number of H-pyrrole nitrogens is 1. The summed E-state index contributed by atoms with van der Waals surface area (Å²) in [7, 11) is 0. The van der Waals surface area contributed by atoms with Crippen molar-refractivity contribution in [2.75, 3.05) is 18.4 Å². The second kappa shape index (κ2) is 9.65. The lowest BCUT2D eigenvalue weighted by Gasteiger charge is -2.39. The minimum Gasteiger partial charge on any atom is -0.337 e. The lowest BCUT2D eigenvalue weighted by atomic mass is 9.97. The summed E-state index contributed by atoms with van der Waals surface area (Å²) in [6.07, 6.45) is 5.00. The molecule has 1 fully saturated rings. The van der Waals surface area contributed by atoms with Gasteiger partial charge in [-0.25, -0.2) is 4.98 Å². The number of nitrogens with two attached hydrogens (primary N) is 1. The van der Waals surface area contributed by atoms with Crippen LogP contribution in [-0.4, -0.2) is 55.1 Å². The zero-order chi connectivity index (χ0) is 26.2. The number of hydrogen-bond donors (Lipinski definition) is 3. The first-order chi connectivity index (χ1) is 17.7. The lowest BCUT2D eigenvalue weighted by molar-refractivity contribution is -0.133. The van der Waals surface area contributed by atoms with Crippen LogP contribution in [0.3, 0.4) is 0 Å². The Labute approximate surface area is 217 Å². The molecule has 0 radical (unpaired) electrons. The van der Waals surface area contributed by atoms with E-state index in [0.717, 1.165) is 21.5 Å². The minimum atomic E-state index is -0.754. The highest BCUT2D eigenvalue weighted by Crippen LogP contribution is 2.29. The fourth-order valence-corrected chi connectivity index (χ4v) is 5.20. The molecule has 0 unspecified atom stereocenters. The molecule has 37 heavy (non-hydrogen) atoms. The van der Waals surface area contributed by atoms with Gasteiger partial charge in [-0.05, 0) is 44.2 Å². The molecule has 0 saturated carbocycles. The van der Waals surface area contributed by atoms with E-state index in [4.69, 9.17) is 5.73 Å². The minimum absolute atomic E-state index is 0.0534. The Morgan fingerprint density at radius 1 is 1.30 bits per heavy atom. The van der Waals surface area contributed by atoms with E-state index >= 15 is 0 Å². The van der Waals surface area contributed by atoms with Crippen molar-refractivity contribution in [3.8, 4) is 16.5 Å². The number of amides is 2. The zero-order valence-corrected chi connectivity index (χ0v) is 21.2. The number of thiophene rings is 1. The SMILES string of the molecule is CC(C)(N)/C=C(\C#N)C(=O)N1CC(Cn2c(NC(=O)c3ccc(-c4cn[nH]c4)s3)nc3ccccc32)C1. The molecule has 1 saturated heterocycles. The second-order valence-electron chi connectivity index (χ2n) is 9.71. The maximum Gasteiger partial charge on any atom is 0.268 e. The highest BCUT2D eigenvalue weighted by molar-refractivity contribution is 7.17. The number of fused-ring (bicyclic) bond motifs is 1.